The summed E-state index contributed by atoms with van der Waals surface area (Å²) in [4.78, 5) is 12.0. The van der Waals surface area contributed by atoms with Crippen LogP contribution >= 0.6 is 0 Å². The van der Waals surface area contributed by atoms with E-state index < -0.39 is 0 Å². The Hall–Kier alpha value is -1.35. The maximum absolute atomic E-state index is 12.0. The minimum Gasteiger partial charge on any atom is -0.330 e. The van der Waals surface area contributed by atoms with Crippen molar-refractivity contribution in [3.63, 3.8) is 0 Å². The average Bonchev–Trinajstić information content (AvgIpc) is 2.47. The molecule has 1 aromatic rings. The summed E-state index contributed by atoms with van der Waals surface area (Å²) in [5.41, 5.74) is 9.27. The number of carbonyl (C=O) groups is 1. The molecule has 0 bridgehead atoms. The maximum atomic E-state index is 12.0. The second kappa shape index (κ2) is 8.05. The summed E-state index contributed by atoms with van der Waals surface area (Å²) in [6.07, 6.45) is 9.62. The summed E-state index contributed by atoms with van der Waals surface area (Å²) in [5.74, 6) is 0.150. The number of unbranched alkanes of at least 4 members (excludes halogenated alkanes) is 3. The van der Waals surface area contributed by atoms with Gasteiger partial charge in [-0.2, -0.15) is 0 Å². The molecule has 20 heavy (non-hydrogen) atoms. The summed E-state index contributed by atoms with van der Waals surface area (Å²) >= 11 is 0. The lowest BCUT2D eigenvalue weighted by molar-refractivity contribution is -0.116. The number of hydrogen-bond donors (Lipinski definition) is 2. The van der Waals surface area contributed by atoms with Gasteiger partial charge in [0.15, 0.2) is 0 Å². The zero-order chi connectivity index (χ0) is 14.2. The van der Waals surface area contributed by atoms with E-state index in [1.165, 1.54) is 24.0 Å². The van der Waals surface area contributed by atoms with Crippen molar-refractivity contribution >= 4 is 11.6 Å². The molecule has 2 rings (SSSR count). The summed E-state index contributed by atoms with van der Waals surface area (Å²) in [5, 5.41) is 3.10. The fraction of sp³-hybridized carbons (Fsp3) is 0.588. The van der Waals surface area contributed by atoms with Crippen LogP contribution in [0.5, 0.6) is 0 Å². The fourth-order valence-electron chi connectivity index (χ4n) is 2.89. The van der Waals surface area contributed by atoms with Gasteiger partial charge in [-0.15, -0.1) is 0 Å². The van der Waals surface area contributed by atoms with Gasteiger partial charge in [-0.1, -0.05) is 25.0 Å². The standard InChI is InChI=1S/C17H26N2O/c18-13-6-2-1-3-12-17(20)19-16-11-7-9-14-8-4-5-10-15(14)16/h7,9,11H,1-6,8,10,12-13,18H2,(H,19,20). The van der Waals surface area contributed by atoms with Crippen molar-refractivity contribution in [2.75, 3.05) is 11.9 Å². The third-order valence-corrected chi connectivity index (χ3v) is 4.03. The molecule has 0 aromatic heterocycles. The van der Waals surface area contributed by atoms with Crippen LogP contribution in [0, 0.1) is 0 Å². The van der Waals surface area contributed by atoms with Gasteiger partial charge in [0, 0.05) is 12.1 Å². The van der Waals surface area contributed by atoms with Gasteiger partial charge < -0.3 is 11.1 Å². The first-order chi connectivity index (χ1) is 9.81. The fourth-order valence-corrected chi connectivity index (χ4v) is 2.89. The van der Waals surface area contributed by atoms with E-state index in [0.717, 1.165) is 50.8 Å². The normalized spacial score (nSPS) is 13.8. The third-order valence-electron chi connectivity index (χ3n) is 4.03. The molecular formula is C17H26N2O. The molecule has 0 fully saturated rings. The van der Waals surface area contributed by atoms with Gasteiger partial charge in [0.25, 0.3) is 0 Å². The highest BCUT2D eigenvalue weighted by atomic mass is 16.1. The van der Waals surface area contributed by atoms with Crippen LogP contribution in [0.25, 0.3) is 0 Å². The van der Waals surface area contributed by atoms with E-state index >= 15 is 0 Å². The molecule has 3 nitrogen and oxygen atoms in total. The van der Waals surface area contributed by atoms with Gasteiger partial charge in [-0.25, -0.2) is 0 Å². The molecule has 3 heteroatoms. The van der Waals surface area contributed by atoms with Crippen molar-refractivity contribution in [2.24, 2.45) is 5.73 Å². The predicted octanol–water partition coefficient (Wildman–Crippen LogP) is 3.41. The zero-order valence-corrected chi connectivity index (χ0v) is 12.3. The Morgan fingerprint density at radius 1 is 1.10 bits per heavy atom. The highest BCUT2D eigenvalue weighted by Gasteiger charge is 2.14. The number of carbonyl (C=O) groups excluding carboxylic acids is 1. The van der Waals surface area contributed by atoms with Crippen LogP contribution < -0.4 is 11.1 Å². The van der Waals surface area contributed by atoms with Crippen molar-refractivity contribution in [3.05, 3.63) is 29.3 Å². The Morgan fingerprint density at radius 3 is 2.75 bits per heavy atom. The molecule has 0 spiro atoms. The topological polar surface area (TPSA) is 55.1 Å². The van der Waals surface area contributed by atoms with Crippen LogP contribution in [0.1, 0.15) is 56.1 Å². The van der Waals surface area contributed by atoms with Crippen LogP contribution in [0.3, 0.4) is 0 Å². The number of anilines is 1. The van der Waals surface area contributed by atoms with E-state index in [-0.39, 0.29) is 5.91 Å². The van der Waals surface area contributed by atoms with Crippen LogP contribution in [-0.2, 0) is 17.6 Å². The van der Waals surface area contributed by atoms with Gasteiger partial charge in [-0.05, 0) is 62.3 Å². The lowest BCUT2D eigenvalue weighted by Crippen LogP contribution is -2.15. The van der Waals surface area contributed by atoms with Gasteiger partial charge >= 0.3 is 0 Å². The Labute approximate surface area is 121 Å². The first-order valence-corrected chi connectivity index (χ1v) is 7.92. The highest BCUT2D eigenvalue weighted by molar-refractivity contribution is 5.91. The number of rotatable bonds is 7. The molecule has 0 saturated carbocycles. The van der Waals surface area contributed by atoms with Gasteiger partial charge in [0.05, 0.1) is 0 Å². The van der Waals surface area contributed by atoms with Gasteiger partial charge in [-0.3, -0.25) is 4.79 Å². The number of amides is 1. The van der Waals surface area contributed by atoms with E-state index in [4.69, 9.17) is 5.73 Å². The quantitative estimate of drug-likeness (QED) is 0.749. The summed E-state index contributed by atoms with van der Waals surface area (Å²) < 4.78 is 0. The number of fused-ring (bicyclic) bond motifs is 1. The third kappa shape index (κ3) is 4.34. The van der Waals surface area contributed by atoms with Crippen molar-refractivity contribution in [3.8, 4) is 0 Å². The van der Waals surface area contributed by atoms with E-state index in [2.05, 4.69) is 17.4 Å². The smallest absolute Gasteiger partial charge is 0.224 e. The van der Waals surface area contributed by atoms with Crippen molar-refractivity contribution in [1.82, 2.24) is 0 Å². The van der Waals surface area contributed by atoms with Crippen molar-refractivity contribution in [1.29, 1.82) is 0 Å². The summed E-state index contributed by atoms with van der Waals surface area (Å²) in [7, 11) is 0. The molecule has 3 N–H and O–H groups in total. The zero-order valence-electron chi connectivity index (χ0n) is 12.3. The summed E-state index contributed by atoms with van der Waals surface area (Å²) in [6.45, 7) is 0.752. The minimum absolute atomic E-state index is 0.150. The second-order valence-electron chi connectivity index (χ2n) is 5.65. The monoisotopic (exact) mass is 274 g/mol. The Bertz CT molecular complexity index is 443. The number of aryl methyl sites for hydroxylation is 1. The average molecular weight is 274 g/mol. The molecule has 1 aliphatic rings. The van der Waals surface area contributed by atoms with E-state index in [0.29, 0.717) is 6.42 Å². The molecule has 110 valence electrons. The van der Waals surface area contributed by atoms with Crippen LogP contribution in [0.2, 0.25) is 0 Å². The molecule has 0 aliphatic heterocycles. The molecule has 0 heterocycles. The van der Waals surface area contributed by atoms with Crippen LogP contribution in [-0.4, -0.2) is 12.5 Å². The van der Waals surface area contributed by atoms with E-state index in [1.54, 1.807) is 0 Å². The summed E-state index contributed by atoms with van der Waals surface area (Å²) in [6, 6.07) is 6.29. The molecule has 0 atom stereocenters. The maximum Gasteiger partial charge on any atom is 0.224 e. The number of nitrogens with two attached hydrogens (primary N) is 1. The predicted molar refractivity (Wildman–Crippen MR) is 83.9 cm³/mol. The first-order valence-electron chi connectivity index (χ1n) is 7.92. The molecule has 0 saturated heterocycles. The number of benzene rings is 1. The van der Waals surface area contributed by atoms with Gasteiger partial charge in [0.1, 0.15) is 0 Å². The molecule has 1 aromatic carbocycles. The van der Waals surface area contributed by atoms with E-state index in [9.17, 15) is 4.79 Å². The van der Waals surface area contributed by atoms with E-state index in [1.807, 2.05) is 6.07 Å². The SMILES string of the molecule is NCCCCCCC(=O)Nc1cccc2c1CCCC2. The van der Waals surface area contributed by atoms with Crippen LogP contribution in [0.4, 0.5) is 5.69 Å². The van der Waals surface area contributed by atoms with Crippen LogP contribution in [0.15, 0.2) is 18.2 Å². The first kappa shape index (κ1) is 15.0. The Kier molecular flexibility index (Phi) is 6.06. The van der Waals surface area contributed by atoms with Crippen molar-refractivity contribution < 1.29 is 4.79 Å². The van der Waals surface area contributed by atoms with Gasteiger partial charge in [0.2, 0.25) is 5.91 Å². The molecule has 0 radical (unpaired) electrons. The van der Waals surface area contributed by atoms with Crippen molar-refractivity contribution in [2.45, 2.75) is 57.8 Å². The molecule has 0 unspecified atom stereocenters. The molecule has 1 amide bonds. The Morgan fingerprint density at radius 2 is 1.90 bits per heavy atom. The highest BCUT2D eigenvalue weighted by Crippen LogP contribution is 2.27. The number of nitrogens with one attached hydrogen (secondary N) is 1. The number of hydrogen-bond acceptors (Lipinski definition) is 2. The lowest BCUT2D eigenvalue weighted by Gasteiger charge is -2.19. The second-order valence-corrected chi connectivity index (χ2v) is 5.65. The largest absolute Gasteiger partial charge is 0.330 e. The Balaban J connectivity index is 1.82. The molecular weight excluding hydrogens is 248 g/mol. The lowest BCUT2D eigenvalue weighted by atomic mass is 9.90. The minimum atomic E-state index is 0.150. The molecule has 1 aliphatic carbocycles.